The summed E-state index contributed by atoms with van der Waals surface area (Å²) in [6.07, 6.45) is 3.61. The highest BCUT2D eigenvalue weighted by Crippen LogP contribution is 2.02. The maximum Gasteiger partial charge on any atom is 0.170 e. The van der Waals surface area contributed by atoms with Crippen LogP contribution in [0.25, 0.3) is 0 Å². The van der Waals surface area contributed by atoms with E-state index in [0.717, 1.165) is 30.4 Å². The molecule has 0 unspecified atom stereocenters. The fourth-order valence-electron chi connectivity index (χ4n) is 1.05. The van der Waals surface area contributed by atoms with Crippen molar-refractivity contribution in [3.8, 4) is 0 Å². The lowest BCUT2D eigenvalue weighted by atomic mass is 10.4. The predicted octanol–water partition coefficient (Wildman–Crippen LogP) is 1.79. The Morgan fingerprint density at radius 1 is 1.75 bits per heavy atom. The fourth-order valence-corrected chi connectivity index (χ4v) is 1.30. The Bertz CT molecular complexity index is 270. The van der Waals surface area contributed by atoms with Crippen LogP contribution in [0.4, 0.5) is 0 Å². The Morgan fingerprint density at radius 3 is 3.00 bits per heavy atom. The van der Waals surface area contributed by atoms with Crippen LogP contribution in [0, 0.1) is 6.92 Å². The average molecular weight is 231 g/mol. The number of rotatable bonds is 4. The molecular weight excluding hydrogens is 220 g/mol. The molecule has 4 heteroatoms. The van der Waals surface area contributed by atoms with E-state index in [1.54, 1.807) is 6.20 Å². The number of nitrogens with zero attached hydrogens (tertiary/aromatic N) is 2. The van der Waals surface area contributed by atoms with Gasteiger partial charge in [0.05, 0.1) is 0 Å². The summed E-state index contributed by atoms with van der Waals surface area (Å²) in [5, 5.41) is 0.973. The zero-order valence-corrected chi connectivity index (χ0v) is 8.54. The lowest BCUT2D eigenvalue weighted by Crippen LogP contribution is -1.99. The number of carbonyl (C=O) groups is 1. The van der Waals surface area contributed by atoms with Gasteiger partial charge in [-0.1, -0.05) is 15.9 Å². The lowest BCUT2D eigenvalue weighted by Gasteiger charge is -2.00. The van der Waals surface area contributed by atoms with E-state index in [0.29, 0.717) is 5.69 Å². The molecule has 0 fully saturated rings. The summed E-state index contributed by atoms with van der Waals surface area (Å²) >= 11 is 3.35. The number of aryl methyl sites for hydroxylation is 2. The first kappa shape index (κ1) is 9.45. The molecule has 12 heavy (non-hydrogen) atoms. The number of halogens is 1. The zero-order valence-electron chi connectivity index (χ0n) is 6.96. The van der Waals surface area contributed by atoms with Gasteiger partial charge in [-0.2, -0.15) is 0 Å². The molecule has 1 rings (SSSR count). The molecule has 0 saturated heterocycles. The van der Waals surface area contributed by atoms with E-state index >= 15 is 0 Å². The second-order valence-electron chi connectivity index (χ2n) is 2.57. The van der Waals surface area contributed by atoms with Crippen LogP contribution in [0.3, 0.4) is 0 Å². The van der Waals surface area contributed by atoms with Gasteiger partial charge in [0, 0.05) is 18.1 Å². The SMILES string of the molecule is Cc1nc(C=O)cn1CCCBr. The Balaban J connectivity index is 2.70. The molecule has 0 aromatic carbocycles. The molecule has 0 aliphatic carbocycles. The van der Waals surface area contributed by atoms with Crippen LogP contribution in [-0.4, -0.2) is 21.2 Å². The van der Waals surface area contributed by atoms with Crippen LogP contribution < -0.4 is 0 Å². The van der Waals surface area contributed by atoms with Crippen molar-refractivity contribution in [1.29, 1.82) is 0 Å². The van der Waals surface area contributed by atoms with Gasteiger partial charge in [0.15, 0.2) is 6.29 Å². The third kappa shape index (κ3) is 2.17. The average Bonchev–Trinajstić information content (AvgIpc) is 2.43. The molecule has 1 aromatic heterocycles. The lowest BCUT2D eigenvalue weighted by molar-refractivity contribution is 0.111. The van der Waals surface area contributed by atoms with Gasteiger partial charge in [-0.3, -0.25) is 4.79 Å². The Hall–Kier alpha value is -0.640. The molecule has 0 aliphatic heterocycles. The fraction of sp³-hybridized carbons (Fsp3) is 0.500. The summed E-state index contributed by atoms with van der Waals surface area (Å²) < 4.78 is 1.99. The second kappa shape index (κ2) is 4.40. The molecule has 0 aliphatic rings. The smallest absolute Gasteiger partial charge is 0.170 e. The van der Waals surface area contributed by atoms with Crippen molar-refractivity contribution >= 4 is 22.2 Å². The minimum absolute atomic E-state index is 0.516. The molecule has 0 amide bonds. The van der Waals surface area contributed by atoms with Crippen LogP contribution in [0.15, 0.2) is 6.20 Å². The molecule has 0 radical (unpaired) electrons. The van der Waals surface area contributed by atoms with E-state index in [4.69, 9.17) is 0 Å². The van der Waals surface area contributed by atoms with Crippen LogP contribution in [0.1, 0.15) is 22.7 Å². The summed E-state index contributed by atoms with van der Waals surface area (Å²) in [6, 6.07) is 0. The largest absolute Gasteiger partial charge is 0.334 e. The van der Waals surface area contributed by atoms with Crippen molar-refractivity contribution in [2.45, 2.75) is 19.9 Å². The highest BCUT2D eigenvalue weighted by molar-refractivity contribution is 9.09. The number of carbonyl (C=O) groups excluding carboxylic acids is 1. The maximum atomic E-state index is 10.4. The maximum absolute atomic E-state index is 10.4. The van der Waals surface area contributed by atoms with E-state index < -0.39 is 0 Å². The van der Waals surface area contributed by atoms with Crippen molar-refractivity contribution < 1.29 is 4.79 Å². The minimum atomic E-state index is 0.516. The monoisotopic (exact) mass is 230 g/mol. The predicted molar refractivity (Wildman–Crippen MR) is 50.8 cm³/mol. The van der Waals surface area contributed by atoms with Gasteiger partial charge in [0.1, 0.15) is 11.5 Å². The van der Waals surface area contributed by atoms with Gasteiger partial charge in [0.25, 0.3) is 0 Å². The highest BCUT2D eigenvalue weighted by Gasteiger charge is 2.01. The van der Waals surface area contributed by atoms with Crippen LogP contribution in [0.5, 0.6) is 0 Å². The number of imidazole rings is 1. The van der Waals surface area contributed by atoms with E-state index in [9.17, 15) is 4.79 Å². The highest BCUT2D eigenvalue weighted by atomic mass is 79.9. The number of aromatic nitrogens is 2. The molecule has 0 spiro atoms. The third-order valence-electron chi connectivity index (χ3n) is 1.65. The van der Waals surface area contributed by atoms with Gasteiger partial charge >= 0.3 is 0 Å². The van der Waals surface area contributed by atoms with E-state index in [1.165, 1.54) is 0 Å². The van der Waals surface area contributed by atoms with Gasteiger partial charge in [-0.25, -0.2) is 4.98 Å². The van der Waals surface area contributed by atoms with E-state index in [1.807, 2.05) is 11.5 Å². The van der Waals surface area contributed by atoms with Crippen LogP contribution >= 0.6 is 15.9 Å². The molecule has 0 saturated carbocycles. The first-order valence-electron chi connectivity index (χ1n) is 3.83. The van der Waals surface area contributed by atoms with Crippen molar-refractivity contribution in [3.63, 3.8) is 0 Å². The quantitative estimate of drug-likeness (QED) is 0.584. The van der Waals surface area contributed by atoms with Crippen molar-refractivity contribution in [2.24, 2.45) is 0 Å². The molecule has 3 nitrogen and oxygen atoms in total. The summed E-state index contributed by atoms with van der Waals surface area (Å²) in [7, 11) is 0. The standard InChI is InChI=1S/C8H11BrN2O/c1-7-10-8(6-12)5-11(7)4-2-3-9/h5-6H,2-4H2,1H3. The Labute approximate surface area is 79.9 Å². The number of aldehydes is 1. The van der Waals surface area contributed by atoms with Gasteiger partial charge < -0.3 is 4.57 Å². The van der Waals surface area contributed by atoms with Gasteiger partial charge in [-0.05, 0) is 13.3 Å². The van der Waals surface area contributed by atoms with Crippen LogP contribution in [-0.2, 0) is 6.54 Å². The van der Waals surface area contributed by atoms with E-state index in [2.05, 4.69) is 20.9 Å². The summed E-state index contributed by atoms with van der Waals surface area (Å²) in [4.78, 5) is 14.4. The number of hydrogen-bond acceptors (Lipinski definition) is 2. The summed E-state index contributed by atoms with van der Waals surface area (Å²) in [5.74, 6) is 0.901. The molecule has 0 N–H and O–H groups in total. The van der Waals surface area contributed by atoms with Crippen molar-refractivity contribution in [1.82, 2.24) is 9.55 Å². The Kier molecular flexibility index (Phi) is 3.47. The topological polar surface area (TPSA) is 34.9 Å². The normalized spacial score (nSPS) is 10.2. The first-order chi connectivity index (χ1) is 5.77. The van der Waals surface area contributed by atoms with E-state index in [-0.39, 0.29) is 0 Å². The number of alkyl halides is 1. The zero-order chi connectivity index (χ0) is 8.97. The third-order valence-corrected chi connectivity index (χ3v) is 2.21. The first-order valence-corrected chi connectivity index (χ1v) is 4.95. The molecule has 0 bridgehead atoms. The summed E-state index contributed by atoms with van der Waals surface area (Å²) in [5.41, 5.74) is 0.516. The van der Waals surface area contributed by atoms with Crippen molar-refractivity contribution in [2.75, 3.05) is 5.33 Å². The molecule has 0 atom stereocenters. The molecular formula is C8H11BrN2O. The molecule has 1 aromatic rings. The second-order valence-corrected chi connectivity index (χ2v) is 3.36. The van der Waals surface area contributed by atoms with Crippen LogP contribution in [0.2, 0.25) is 0 Å². The minimum Gasteiger partial charge on any atom is -0.334 e. The van der Waals surface area contributed by atoms with Gasteiger partial charge in [0.2, 0.25) is 0 Å². The Morgan fingerprint density at radius 2 is 2.50 bits per heavy atom. The van der Waals surface area contributed by atoms with Crippen molar-refractivity contribution in [3.05, 3.63) is 17.7 Å². The van der Waals surface area contributed by atoms with Gasteiger partial charge in [-0.15, -0.1) is 0 Å². The molecule has 66 valence electrons. The number of hydrogen-bond donors (Lipinski definition) is 0. The summed E-state index contributed by atoms with van der Waals surface area (Å²) in [6.45, 7) is 2.82. The molecule has 1 heterocycles.